The van der Waals surface area contributed by atoms with Gasteiger partial charge in [0.1, 0.15) is 26.2 Å². The Morgan fingerprint density at radius 1 is 1.00 bits per heavy atom. The lowest BCUT2D eigenvalue weighted by atomic mass is 10.1. The van der Waals surface area contributed by atoms with Crippen LogP contribution in [0, 0.1) is 13.8 Å². The van der Waals surface area contributed by atoms with E-state index in [0.29, 0.717) is 6.54 Å². The molecule has 1 fully saturated rings. The average Bonchev–Trinajstić information content (AvgIpc) is 2.76. The Kier molecular flexibility index (Phi) is 7.24. The number of carbonyl (C=O) groups is 2. The summed E-state index contributed by atoms with van der Waals surface area (Å²) in [5.41, 5.74) is 4.11. The van der Waals surface area contributed by atoms with Gasteiger partial charge in [-0.15, -0.1) is 0 Å². The van der Waals surface area contributed by atoms with Crippen LogP contribution in [0.15, 0.2) is 48.5 Å². The Bertz CT molecular complexity index is 876. The highest BCUT2D eigenvalue weighted by molar-refractivity contribution is 5.95. The molecule has 1 aliphatic heterocycles. The van der Waals surface area contributed by atoms with Crippen LogP contribution in [0.2, 0.25) is 0 Å². The highest BCUT2D eigenvalue weighted by atomic mass is 16.2. The first-order valence-corrected chi connectivity index (χ1v) is 10.7. The summed E-state index contributed by atoms with van der Waals surface area (Å²) >= 11 is 0. The Balaban J connectivity index is 1.48. The van der Waals surface area contributed by atoms with Crippen LogP contribution < -0.4 is 20.0 Å². The first-order chi connectivity index (χ1) is 14.4. The number of hydrogen-bond donors (Lipinski definition) is 3. The summed E-state index contributed by atoms with van der Waals surface area (Å²) in [5, 5.41) is 3.06. The van der Waals surface area contributed by atoms with Gasteiger partial charge in [0, 0.05) is 18.4 Å². The predicted molar refractivity (Wildman–Crippen MR) is 120 cm³/mol. The van der Waals surface area contributed by atoms with Crippen molar-refractivity contribution in [3.05, 3.63) is 59.7 Å². The number of piperazine rings is 1. The van der Waals surface area contributed by atoms with Crippen LogP contribution in [0.1, 0.15) is 18.1 Å². The molecule has 0 saturated carbocycles. The number of quaternary nitrogens is 2. The van der Waals surface area contributed by atoms with Crippen molar-refractivity contribution in [2.75, 3.05) is 50.0 Å². The van der Waals surface area contributed by atoms with E-state index in [1.165, 1.54) is 15.4 Å². The molecule has 1 aliphatic rings. The van der Waals surface area contributed by atoms with Gasteiger partial charge in [-0.05, 0) is 50.1 Å². The smallest absolute Gasteiger partial charge is 0.284 e. The fraction of sp³-hybridized carbons (Fsp3) is 0.417. The molecule has 30 heavy (non-hydrogen) atoms. The van der Waals surface area contributed by atoms with Gasteiger partial charge in [-0.2, -0.15) is 0 Å². The number of amides is 2. The van der Waals surface area contributed by atoms with E-state index in [2.05, 4.69) is 18.3 Å². The zero-order valence-electron chi connectivity index (χ0n) is 18.5. The Hall–Kier alpha value is -2.70. The van der Waals surface area contributed by atoms with E-state index in [-0.39, 0.29) is 17.9 Å². The standard InChI is InChI=1S/C24H32N4O2/c1-18-9-8-12-22(19(18)2)25-23(29)17-27-13-15-28(16-14-27)20(3)24(30)26(4)21-10-6-5-7-11-21/h5-12,20H,13-17H2,1-4H3,(H,25,29)/p+2/t20-/m1/s1. The third-order valence-corrected chi connectivity index (χ3v) is 6.35. The minimum Gasteiger partial charge on any atom is -0.321 e. The van der Waals surface area contributed by atoms with Crippen LogP contribution in [-0.4, -0.2) is 57.6 Å². The van der Waals surface area contributed by atoms with E-state index in [1.807, 2.05) is 63.4 Å². The molecule has 0 radical (unpaired) electrons. The zero-order chi connectivity index (χ0) is 21.7. The number of aryl methyl sites for hydroxylation is 1. The number of nitrogens with one attached hydrogen (secondary N) is 3. The number of benzene rings is 2. The molecule has 2 aromatic rings. The second-order valence-corrected chi connectivity index (χ2v) is 8.34. The minimum absolute atomic E-state index is 0.0510. The summed E-state index contributed by atoms with van der Waals surface area (Å²) in [4.78, 5) is 29.7. The summed E-state index contributed by atoms with van der Waals surface area (Å²) in [6.07, 6.45) is 0. The molecule has 0 unspecified atom stereocenters. The SMILES string of the molecule is Cc1cccc(NC(=O)C[NH+]2CC[NH+]([C@H](C)C(=O)N(C)c3ccccc3)CC2)c1C. The third kappa shape index (κ3) is 5.26. The number of nitrogens with zero attached hydrogens (tertiary/aromatic N) is 1. The highest BCUT2D eigenvalue weighted by Crippen LogP contribution is 2.17. The molecule has 2 aromatic carbocycles. The maximum absolute atomic E-state index is 12.9. The number of hydrogen-bond acceptors (Lipinski definition) is 2. The van der Waals surface area contributed by atoms with Crippen LogP contribution in [0.4, 0.5) is 11.4 Å². The van der Waals surface area contributed by atoms with Gasteiger partial charge in [-0.1, -0.05) is 30.3 Å². The van der Waals surface area contributed by atoms with Crippen molar-refractivity contribution in [2.45, 2.75) is 26.8 Å². The highest BCUT2D eigenvalue weighted by Gasteiger charge is 2.33. The molecular weight excluding hydrogens is 376 g/mol. The van der Waals surface area contributed by atoms with Crippen molar-refractivity contribution in [1.82, 2.24) is 0 Å². The summed E-state index contributed by atoms with van der Waals surface area (Å²) < 4.78 is 0. The van der Waals surface area contributed by atoms with Crippen LogP contribution >= 0.6 is 0 Å². The molecule has 6 heteroatoms. The molecule has 0 bridgehead atoms. The van der Waals surface area contributed by atoms with Crippen LogP contribution in [0.25, 0.3) is 0 Å². The summed E-state index contributed by atoms with van der Waals surface area (Å²) in [7, 11) is 1.84. The normalized spacial score (nSPS) is 19.7. The van der Waals surface area contributed by atoms with Crippen molar-refractivity contribution < 1.29 is 19.4 Å². The van der Waals surface area contributed by atoms with Crippen molar-refractivity contribution in [3.8, 4) is 0 Å². The number of likely N-dealkylation sites (N-methyl/N-ethyl adjacent to an activating group) is 1. The molecule has 1 atom stereocenters. The zero-order valence-corrected chi connectivity index (χ0v) is 18.5. The van der Waals surface area contributed by atoms with Gasteiger partial charge < -0.3 is 20.0 Å². The minimum atomic E-state index is -0.0967. The van der Waals surface area contributed by atoms with Crippen molar-refractivity contribution in [2.24, 2.45) is 0 Å². The third-order valence-electron chi connectivity index (χ3n) is 6.35. The van der Waals surface area contributed by atoms with Gasteiger partial charge in [-0.3, -0.25) is 9.59 Å². The maximum Gasteiger partial charge on any atom is 0.284 e. The summed E-state index contributed by atoms with van der Waals surface area (Å²) in [6.45, 7) is 10.1. The van der Waals surface area contributed by atoms with E-state index >= 15 is 0 Å². The van der Waals surface area contributed by atoms with Crippen molar-refractivity contribution in [1.29, 1.82) is 0 Å². The topological polar surface area (TPSA) is 58.3 Å². The lowest BCUT2D eigenvalue weighted by Crippen LogP contribution is -3.30. The quantitative estimate of drug-likeness (QED) is 0.632. The number of para-hydroxylation sites is 1. The molecule has 3 rings (SSSR count). The maximum atomic E-state index is 12.9. The van der Waals surface area contributed by atoms with Crippen LogP contribution in [0.5, 0.6) is 0 Å². The van der Waals surface area contributed by atoms with E-state index in [4.69, 9.17) is 0 Å². The second kappa shape index (κ2) is 9.87. The summed E-state index contributed by atoms with van der Waals surface area (Å²) in [5.74, 6) is 0.183. The molecule has 1 heterocycles. The molecule has 1 saturated heterocycles. The molecular formula is C24H34N4O2+2. The number of rotatable bonds is 6. The van der Waals surface area contributed by atoms with E-state index in [0.717, 1.165) is 43.1 Å². The first-order valence-electron chi connectivity index (χ1n) is 10.7. The fourth-order valence-electron chi connectivity index (χ4n) is 4.09. The van der Waals surface area contributed by atoms with Crippen LogP contribution in [-0.2, 0) is 9.59 Å². The van der Waals surface area contributed by atoms with Gasteiger partial charge in [0.2, 0.25) is 0 Å². The van der Waals surface area contributed by atoms with Gasteiger partial charge in [-0.25, -0.2) is 0 Å². The molecule has 0 aliphatic carbocycles. The molecule has 6 nitrogen and oxygen atoms in total. The Morgan fingerprint density at radius 2 is 1.67 bits per heavy atom. The molecule has 3 N–H and O–H groups in total. The average molecular weight is 411 g/mol. The second-order valence-electron chi connectivity index (χ2n) is 8.34. The lowest BCUT2D eigenvalue weighted by Gasteiger charge is -2.33. The van der Waals surface area contributed by atoms with Gasteiger partial charge in [0.05, 0.1) is 0 Å². The van der Waals surface area contributed by atoms with Crippen molar-refractivity contribution in [3.63, 3.8) is 0 Å². The summed E-state index contributed by atoms with van der Waals surface area (Å²) in [6, 6.07) is 15.6. The van der Waals surface area contributed by atoms with E-state index in [1.54, 1.807) is 4.90 Å². The first kappa shape index (κ1) is 22.0. The Morgan fingerprint density at radius 3 is 2.33 bits per heavy atom. The Labute approximate surface area is 179 Å². The van der Waals surface area contributed by atoms with Gasteiger partial charge in [0.15, 0.2) is 12.6 Å². The molecule has 0 aromatic heterocycles. The van der Waals surface area contributed by atoms with E-state index in [9.17, 15) is 9.59 Å². The molecule has 0 spiro atoms. The van der Waals surface area contributed by atoms with E-state index < -0.39 is 0 Å². The van der Waals surface area contributed by atoms with Gasteiger partial charge in [0.25, 0.3) is 11.8 Å². The predicted octanol–water partition coefficient (Wildman–Crippen LogP) is 0.0768. The van der Waals surface area contributed by atoms with Crippen molar-refractivity contribution >= 4 is 23.2 Å². The largest absolute Gasteiger partial charge is 0.321 e. The molecule has 160 valence electrons. The molecule has 2 amide bonds. The van der Waals surface area contributed by atoms with Gasteiger partial charge >= 0.3 is 0 Å². The number of carbonyl (C=O) groups excluding carboxylic acids is 2. The monoisotopic (exact) mass is 410 g/mol. The number of anilines is 2. The van der Waals surface area contributed by atoms with Crippen LogP contribution in [0.3, 0.4) is 0 Å². The fourth-order valence-corrected chi connectivity index (χ4v) is 4.09. The lowest BCUT2D eigenvalue weighted by molar-refractivity contribution is -1.01.